The molecule has 1 aliphatic rings. The van der Waals surface area contributed by atoms with Gasteiger partial charge in [-0.3, -0.25) is 9.89 Å². The zero-order chi connectivity index (χ0) is 19.8. The summed E-state index contributed by atoms with van der Waals surface area (Å²) in [6, 6.07) is -0.0387. The first-order valence-electron chi connectivity index (χ1n) is 9.31. The molecule has 3 aromatic rings. The van der Waals surface area contributed by atoms with Crippen molar-refractivity contribution in [1.29, 1.82) is 0 Å². The van der Waals surface area contributed by atoms with Crippen molar-refractivity contribution in [2.24, 2.45) is 0 Å². The van der Waals surface area contributed by atoms with E-state index in [0.717, 1.165) is 34.1 Å². The van der Waals surface area contributed by atoms with E-state index in [9.17, 15) is 4.79 Å². The fraction of sp³-hybridized carbons (Fsp3) is 0.444. The molecule has 5 N–H and O–H groups in total. The second-order valence-corrected chi connectivity index (χ2v) is 8.17. The number of carbonyl (C=O) groups is 1. The summed E-state index contributed by atoms with van der Waals surface area (Å²) >= 11 is 3.60. The summed E-state index contributed by atoms with van der Waals surface area (Å²) in [6.45, 7) is 4.59. The molecule has 0 unspecified atom stereocenters. The van der Waals surface area contributed by atoms with Crippen LogP contribution < -0.4 is 16.4 Å². The molecule has 4 rings (SSSR count). The minimum absolute atomic E-state index is 0.0495. The lowest BCUT2D eigenvalue weighted by Gasteiger charge is -2.30. The number of hydrogen-bond donors (Lipinski definition) is 4. The van der Waals surface area contributed by atoms with Crippen LogP contribution in [-0.4, -0.2) is 49.3 Å². The van der Waals surface area contributed by atoms with E-state index in [4.69, 9.17) is 10.7 Å². The highest BCUT2D eigenvalue weighted by molar-refractivity contribution is 9.10. The zero-order valence-electron chi connectivity index (χ0n) is 15.7. The molecular formula is C18H23BrN8O. The van der Waals surface area contributed by atoms with Gasteiger partial charge in [-0.15, -0.1) is 0 Å². The number of aromatic amines is 1. The van der Waals surface area contributed by atoms with Crippen LogP contribution in [0.4, 0.5) is 5.82 Å². The summed E-state index contributed by atoms with van der Waals surface area (Å²) < 4.78 is 2.38. The zero-order valence-corrected chi connectivity index (χ0v) is 17.3. The largest absolute Gasteiger partial charge is 0.383 e. The average Bonchev–Trinajstić information content (AvgIpc) is 3.33. The summed E-state index contributed by atoms with van der Waals surface area (Å²) in [5.74, 6) is 0.708. The van der Waals surface area contributed by atoms with Gasteiger partial charge in [-0.25, -0.2) is 4.98 Å². The van der Waals surface area contributed by atoms with Crippen LogP contribution in [-0.2, 0) is 4.79 Å². The van der Waals surface area contributed by atoms with Crippen LogP contribution in [0.25, 0.3) is 16.8 Å². The molecule has 2 atom stereocenters. The number of aromatic nitrogens is 5. The number of piperidine rings is 1. The van der Waals surface area contributed by atoms with Crippen molar-refractivity contribution in [3.8, 4) is 11.1 Å². The number of halogens is 1. The monoisotopic (exact) mass is 446 g/mol. The van der Waals surface area contributed by atoms with Gasteiger partial charge in [0.25, 0.3) is 0 Å². The van der Waals surface area contributed by atoms with Gasteiger partial charge in [-0.2, -0.15) is 14.7 Å². The predicted octanol–water partition coefficient (Wildman–Crippen LogP) is 1.82. The Labute approximate surface area is 170 Å². The summed E-state index contributed by atoms with van der Waals surface area (Å²) in [5, 5.41) is 17.5. The molecule has 0 radical (unpaired) electrons. The molecule has 148 valence electrons. The number of carbonyl (C=O) groups excluding carboxylic acids is 1. The molecule has 1 fully saturated rings. The first-order valence-corrected chi connectivity index (χ1v) is 10.1. The summed E-state index contributed by atoms with van der Waals surface area (Å²) in [4.78, 5) is 17.1. The molecule has 0 aromatic carbocycles. The molecule has 28 heavy (non-hydrogen) atoms. The number of anilines is 1. The summed E-state index contributed by atoms with van der Waals surface area (Å²) in [6.07, 6.45) is 6.87. The summed E-state index contributed by atoms with van der Waals surface area (Å²) in [7, 11) is 0. The van der Waals surface area contributed by atoms with Crippen molar-refractivity contribution in [1.82, 2.24) is 35.4 Å². The van der Waals surface area contributed by atoms with E-state index >= 15 is 0 Å². The van der Waals surface area contributed by atoms with Crippen molar-refractivity contribution in [2.45, 2.75) is 44.7 Å². The summed E-state index contributed by atoms with van der Waals surface area (Å²) in [5.41, 5.74) is 9.67. The van der Waals surface area contributed by atoms with Gasteiger partial charge in [0, 0.05) is 35.8 Å². The molecule has 10 heteroatoms. The molecular weight excluding hydrogens is 424 g/mol. The van der Waals surface area contributed by atoms with Gasteiger partial charge in [-0.05, 0) is 42.6 Å². The highest BCUT2D eigenvalue weighted by Crippen LogP contribution is 2.35. The first-order chi connectivity index (χ1) is 13.5. The fourth-order valence-corrected chi connectivity index (χ4v) is 4.16. The number of nitrogens with two attached hydrogens (primary N) is 1. The standard InChI is InChI=1S/C18H23BrN8O/c1-9(2)25-18(28)13-4-3-10(5-21-13)15-14(19)16(20)27-17(26-15)12(8-24-27)11-6-22-23-7-11/h6-10,13,21H,3-5,20H2,1-2H3,(H,22,23)(H,25,28)/t10-,13-/m0/s1. The van der Waals surface area contributed by atoms with Crippen LogP contribution in [0.1, 0.15) is 38.3 Å². The molecule has 3 aromatic heterocycles. The Hall–Kier alpha value is -2.46. The SMILES string of the molecule is CC(C)NC(=O)[C@@H]1CC[C@H](c2nc3c(-c4cn[nH]c4)cnn3c(N)c2Br)CN1. The lowest BCUT2D eigenvalue weighted by atomic mass is 9.91. The third kappa shape index (κ3) is 3.37. The minimum atomic E-state index is -0.171. The Bertz CT molecular complexity index is 989. The quantitative estimate of drug-likeness (QED) is 0.484. The van der Waals surface area contributed by atoms with Crippen LogP contribution in [0.15, 0.2) is 23.1 Å². The van der Waals surface area contributed by atoms with Crippen LogP contribution in [0.3, 0.4) is 0 Å². The molecule has 0 bridgehead atoms. The van der Waals surface area contributed by atoms with Crippen LogP contribution >= 0.6 is 15.9 Å². The molecule has 1 aliphatic heterocycles. The van der Waals surface area contributed by atoms with E-state index in [1.54, 1.807) is 23.1 Å². The second-order valence-electron chi connectivity index (χ2n) is 7.38. The van der Waals surface area contributed by atoms with E-state index in [1.807, 2.05) is 13.8 Å². The van der Waals surface area contributed by atoms with Crippen LogP contribution in [0, 0.1) is 0 Å². The molecule has 0 spiro atoms. The second kappa shape index (κ2) is 7.51. The van der Waals surface area contributed by atoms with E-state index < -0.39 is 0 Å². The normalized spacial score (nSPS) is 20.0. The number of fused-ring (bicyclic) bond motifs is 1. The number of amides is 1. The van der Waals surface area contributed by atoms with Crippen LogP contribution in [0.5, 0.6) is 0 Å². The number of nitrogen functional groups attached to an aromatic ring is 1. The highest BCUT2D eigenvalue weighted by Gasteiger charge is 2.30. The van der Waals surface area contributed by atoms with Crippen molar-refractivity contribution in [3.05, 3.63) is 28.8 Å². The minimum Gasteiger partial charge on any atom is -0.383 e. The van der Waals surface area contributed by atoms with Gasteiger partial charge < -0.3 is 16.4 Å². The van der Waals surface area contributed by atoms with E-state index in [-0.39, 0.29) is 23.9 Å². The maximum atomic E-state index is 12.2. The molecule has 4 heterocycles. The molecule has 9 nitrogen and oxygen atoms in total. The maximum Gasteiger partial charge on any atom is 0.237 e. The fourth-order valence-electron chi connectivity index (χ4n) is 3.58. The Kier molecular flexibility index (Phi) is 5.07. The van der Waals surface area contributed by atoms with Crippen molar-refractivity contribution >= 4 is 33.3 Å². The number of H-pyrrole nitrogens is 1. The van der Waals surface area contributed by atoms with Crippen molar-refractivity contribution in [3.63, 3.8) is 0 Å². The predicted molar refractivity (Wildman–Crippen MR) is 110 cm³/mol. The van der Waals surface area contributed by atoms with E-state index in [2.05, 4.69) is 41.9 Å². The molecule has 0 saturated carbocycles. The number of rotatable bonds is 4. The number of nitrogens with zero attached hydrogens (tertiary/aromatic N) is 4. The molecule has 1 amide bonds. The maximum absolute atomic E-state index is 12.2. The number of nitrogens with one attached hydrogen (secondary N) is 3. The Balaban J connectivity index is 1.62. The van der Waals surface area contributed by atoms with Gasteiger partial charge in [0.15, 0.2) is 5.65 Å². The van der Waals surface area contributed by atoms with Crippen molar-refractivity contribution in [2.75, 3.05) is 12.3 Å². The molecule has 0 aliphatic carbocycles. The first kappa shape index (κ1) is 18.9. The average molecular weight is 447 g/mol. The Morgan fingerprint density at radius 3 is 2.86 bits per heavy atom. The molecule has 1 saturated heterocycles. The topological polar surface area (TPSA) is 126 Å². The van der Waals surface area contributed by atoms with Gasteiger partial charge in [0.05, 0.1) is 28.6 Å². The van der Waals surface area contributed by atoms with Gasteiger partial charge in [0.2, 0.25) is 5.91 Å². The van der Waals surface area contributed by atoms with Gasteiger partial charge >= 0.3 is 0 Å². The lowest BCUT2D eigenvalue weighted by Crippen LogP contribution is -2.50. The van der Waals surface area contributed by atoms with Gasteiger partial charge in [-0.1, -0.05) is 0 Å². The van der Waals surface area contributed by atoms with E-state index in [1.165, 1.54) is 0 Å². The Morgan fingerprint density at radius 2 is 2.21 bits per heavy atom. The third-order valence-electron chi connectivity index (χ3n) is 5.01. The van der Waals surface area contributed by atoms with Gasteiger partial charge in [0.1, 0.15) is 5.82 Å². The Morgan fingerprint density at radius 1 is 1.39 bits per heavy atom. The highest BCUT2D eigenvalue weighted by atomic mass is 79.9. The number of hydrogen-bond acceptors (Lipinski definition) is 6. The van der Waals surface area contributed by atoms with E-state index in [0.29, 0.717) is 18.0 Å². The van der Waals surface area contributed by atoms with Crippen molar-refractivity contribution < 1.29 is 4.79 Å². The smallest absolute Gasteiger partial charge is 0.237 e. The van der Waals surface area contributed by atoms with Crippen LogP contribution in [0.2, 0.25) is 0 Å². The third-order valence-corrected chi connectivity index (χ3v) is 5.82. The lowest BCUT2D eigenvalue weighted by molar-refractivity contribution is -0.124.